The van der Waals surface area contributed by atoms with E-state index in [0.717, 1.165) is 84.8 Å². The standard InChI is InChI=1S/C30H18BrNO.C18H14BNO2.C12H6Br2O/c31-21-12-15-30-26(18-21)25-17-20(11-14-29(25)33-30)19-10-13-28-24(16-19)23-8-4-5-9-27(23)32(28)22-6-2-1-3-7-22;21-19(22)13-10-11-18-16(12-13)15-8-4-5-9-17(15)20(18)14-6-2-1-3-7-14;13-7-1-3-11-9(5-7)10-6-8(14)2-4-12(10)15-11/h1-18H;1-12,21-22H;1-6H. The summed E-state index contributed by atoms with van der Waals surface area (Å²) in [6, 6.07) is 74.6. The molecule has 336 valence electrons. The fourth-order valence-corrected chi connectivity index (χ4v) is 10.7. The van der Waals surface area contributed by atoms with Gasteiger partial charge >= 0.3 is 7.12 Å². The molecule has 0 fully saturated rings. The van der Waals surface area contributed by atoms with Crippen LogP contribution in [-0.4, -0.2) is 26.3 Å². The Kier molecular flexibility index (Phi) is 11.5. The van der Waals surface area contributed by atoms with Gasteiger partial charge < -0.3 is 28.0 Å². The molecule has 14 rings (SSSR count). The molecule has 0 unspecified atom stereocenters. The summed E-state index contributed by atoms with van der Waals surface area (Å²) in [7, 11) is -1.46. The summed E-state index contributed by atoms with van der Waals surface area (Å²) in [4.78, 5) is 0. The molecule has 0 spiro atoms. The molecule has 0 radical (unpaired) electrons. The minimum Gasteiger partial charge on any atom is -0.456 e. The number of benzene rings is 10. The van der Waals surface area contributed by atoms with E-state index in [-0.39, 0.29) is 0 Å². The molecule has 10 aromatic carbocycles. The topological polar surface area (TPSA) is 76.6 Å². The summed E-state index contributed by atoms with van der Waals surface area (Å²) in [5, 5.41) is 28.0. The van der Waals surface area contributed by atoms with Crippen LogP contribution in [0.25, 0.3) is 110 Å². The van der Waals surface area contributed by atoms with Crippen molar-refractivity contribution in [3.05, 3.63) is 232 Å². The van der Waals surface area contributed by atoms with Crippen molar-refractivity contribution in [2.75, 3.05) is 0 Å². The van der Waals surface area contributed by atoms with Crippen LogP contribution in [0, 0.1) is 0 Å². The number of hydrogen-bond donors (Lipinski definition) is 2. The van der Waals surface area contributed by atoms with Gasteiger partial charge in [0.05, 0.1) is 22.1 Å². The highest BCUT2D eigenvalue weighted by atomic mass is 79.9. The van der Waals surface area contributed by atoms with Gasteiger partial charge in [-0.2, -0.15) is 0 Å². The lowest BCUT2D eigenvalue weighted by atomic mass is 9.80. The summed E-state index contributed by atoms with van der Waals surface area (Å²) in [5.74, 6) is 0. The predicted molar refractivity (Wildman–Crippen MR) is 301 cm³/mol. The largest absolute Gasteiger partial charge is 0.488 e. The fourth-order valence-electron chi connectivity index (χ4n) is 9.67. The van der Waals surface area contributed by atoms with Gasteiger partial charge in [-0.25, -0.2) is 0 Å². The zero-order chi connectivity index (χ0) is 47.5. The Morgan fingerprint density at radius 3 is 1.14 bits per heavy atom. The van der Waals surface area contributed by atoms with Gasteiger partial charge in [0.25, 0.3) is 0 Å². The third-order valence-electron chi connectivity index (χ3n) is 12.9. The van der Waals surface area contributed by atoms with Crippen molar-refractivity contribution in [2.45, 2.75) is 0 Å². The molecule has 2 N–H and O–H groups in total. The van der Waals surface area contributed by atoms with Gasteiger partial charge in [-0.3, -0.25) is 0 Å². The lowest BCUT2D eigenvalue weighted by Gasteiger charge is -2.08. The minimum absolute atomic E-state index is 0.503. The van der Waals surface area contributed by atoms with Crippen LogP contribution in [0.1, 0.15) is 0 Å². The number of para-hydroxylation sites is 4. The van der Waals surface area contributed by atoms with E-state index in [4.69, 9.17) is 8.83 Å². The van der Waals surface area contributed by atoms with Crippen molar-refractivity contribution in [1.82, 2.24) is 9.13 Å². The lowest BCUT2D eigenvalue weighted by molar-refractivity contribution is 0.426. The fraction of sp³-hybridized carbons (Fsp3) is 0. The number of fused-ring (bicyclic) bond motifs is 12. The molecule has 0 atom stereocenters. The second kappa shape index (κ2) is 18.3. The summed E-state index contributed by atoms with van der Waals surface area (Å²) in [6.07, 6.45) is 0. The number of nitrogens with zero attached hydrogens (tertiary/aromatic N) is 2. The van der Waals surface area contributed by atoms with E-state index >= 15 is 0 Å². The predicted octanol–water partition coefficient (Wildman–Crippen LogP) is 16.7. The van der Waals surface area contributed by atoms with E-state index in [1.54, 1.807) is 6.07 Å². The zero-order valence-electron chi connectivity index (χ0n) is 37.1. The van der Waals surface area contributed by atoms with Gasteiger partial charge in [-0.1, -0.05) is 145 Å². The van der Waals surface area contributed by atoms with Crippen LogP contribution in [0.2, 0.25) is 0 Å². The smallest absolute Gasteiger partial charge is 0.456 e. The normalized spacial score (nSPS) is 11.5. The molecule has 0 amide bonds. The Hall–Kier alpha value is -7.18. The van der Waals surface area contributed by atoms with Crippen molar-refractivity contribution in [3.63, 3.8) is 0 Å². The van der Waals surface area contributed by atoms with Gasteiger partial charge in [0.1, 0.15) is 22.3 Å². The SMILES string of the molecule is Brc1ccc2oc3ccc(-c4ccc5c(c4)c4ccccc4n5-c4ccccc4)cc3c2c1.Brc1ccc2oc3ccc(Br)cc3c2c1.OB(O)c1ccc2c(c1)c1ccccc1n2-c1ccccc1. The second-order valence-corrected chi connectivity index (χ2v) is 19.8. The molecule has 4 heterocycles. The molecule has 0 aliphatic heterocycles. The second-order valence-electron chi connectivity index (χ2n) is 17.1. The molecule has 0 aliphatic carbocycles. The molecular formula is C60H38BBr3N2O4. The molecule has 0 aliphatic rings. The maximum atomic E-state index is 9.43. The first kappa shape index (κ1) is 44.1. The van der Waals surface area contributed by atoms with Crippen molar-refractivity contribution >= 4 is 148 Å². The summed E-state index contributed by atoms with van der Waals surface area (Å²) >= 11 is 10.5. The van der Waals surface area contributed by atoms with Gasteiger partial charge in [-0.05, 0) is 138 Å². The van der Waals surface area contributed by atoms with Crippen LogP contribution in [0.15, 0.2) is 241 Å². The number of aromatic nitrogens is 2. The molecule has 70 heavy (non-hydrogen) atoms. The lowest BCUT2D eigenvalue weighted by Crippen LogP contribution is -2.29. The molecule has 6 nitrogen and oxygen atoms in total. The monoisotopic (exact) mass is 1100 g/mol. The van der Waals surface area contributed by atoms with E-state index in [1.165, 1.54) is 38.6 Å². The minimum atomic E-state index is -1.46. The maximum absolute atomic E-state index is 9.43. The Labute approximate surface area is 427 Å². The van der Waals surface area contributed by atoms with E-state index in [0.29, 0.717) is 5.46 Å². The average Bonchev–Trinajstić information content (AvgIpc) is 4.14. The maximum Gasteiger partial charge on any atom is 0.488 e. The van der Waals surface area contributed by atoms with Crippen molar-refractivity contribution in [2.24, 2.45) is 0 Å². The van der Waals surface area contributed by atoms with E-state index < -0.39 is 7.12 Å². The van der Waals surface area contributed by atoms with Crippen LogP contribution in [-0.2, 0) is 0 Å². The first-order valence-corrected chi connectivity index (χ1v) is 25.1. The van der Waals surface area contributed by atoms with Crippen LogP contribution in [0.5, 0.6) is 0 Å². The van der Waals surface area contributed by atoms with Crippen LogP contribution >= 0.6 is 47.8 Å². The molecule has 0 saturated carbocycles. The van der Waals surface area contributed by atoms with Gasteiger partial charge in [0.2, 0.25) is 0 Å². The first-order valence-electron chi connectivity index (χ1n) is 22.7. The molecule has 0 saturated heterocycles. The highest BCUT2D eigenvalue weighted by molar-refractivity contribution is 9.11. The zero-order valence-corrected chi connectivity index (χ0v) is 41.9. The highest BCUT2D eigenvalue weighted by Gasteiger charge is 2.18. The quantitative estimate of drug-likeness (QED) is 0.172. The summed E-state index contributed by atoms with van der Waals surface area (Å²) in [5.41, 5.74) is 13.4. The summed E-state index contributed by atoms with van der Waals surface area (Å²) in [6.45, 7) is 0. The van der Waals surface area contributed by atoms with E-state index in [1.807, 2.05) is 78.9 Å². The average molecular weight is 1100 g/mol. The van der Waals surface area contributed by atoms with E-state index in [2.05, 4.69) is 190 Å². The van der Waals surface area contributed by atoms with Crippen molar-refractivity contribution in [1.29, 1.82) is 0 Å². The van der Waals surface area contributed by atoms with Crippen molar-refractivity contribution < 1.29 is 18.9 Å². The number of halogens is 3. The highest BCUT2D eigenvalue weighted by Crippen LogP contribution is 2.38. The number of furan rings is 2. The van der Waals surface area contributed by atoms with Crippen molar-refractivity contribution in [3.8, 4) is 22.5 Å². The molecular weight excluding hydrogens is 1060 g/mol. The van der Waals surface area contributed by atoms with Crippen LogP contribution < -0.4 is 5.46 Å². The third kappa shape index (κ3) is 8.01. The van der Waals surface area contributed by atoms with Gasteiger partial charge in [0.15, 0.2) is 0 Å². The van der Waals surface area contributed by atoms with E-state index in [9.17, 15) is 10.0 Å². The van der Waals surface area contributed by atoms with Gasteiger partial charge in [0, 0.05) is 67.9 Å². The number of rotatable bonds is 4. The van der Waals surface area contributed by atoms with Crippen LogP contribution in [0.3, 0.4) is 0 Å². The third-order valence-corrected chi connectivity index (χ3v) is 14.3. The summed E-state index contributed by atoms with van der Waals surface area (Å²) < 4.78 is 19.5. The Bertz CT molecular complexity index is 4220. The molecule has 0 bridgehead atoms. The molecule has 14 aromatic rings. The molecule has 10 heteroatoms. The molecule has 4 aromatic heterocycles. The van der Waals surface area contributed by atoms with Gasteiger partial charge in [-0.15, -0.1) is 0 Å². The Morgan fingerprint density at radius 1 is 0.314 bits per heavy atom. The Morgan fingerprint density at radius 2 is 0.671 bits per heavy atom. The number of hydrogen-bond acceptors (Lipinski definition) is 4. The Balaban J connectivity index is 0.000000117. The first-order chi connectivity index (χ1) is 34.3. The van der Waals surface area contributed by atoms with Crippen LogP contribution in [0.4, 0.5) is 0 Å².